The summed E-state index contributed by atoms with van der Waals surface area (Å²) in [5, 5.41) is 2.74. The first kappa shape index (κ1) is 14.7. The summed E-state index contributed by atoms with van der Waals surface area (Å²) in [5.41, 5.74) is 1.41. The van der Waals surface area contributed by atoms with Crippen LogP contribution in [0.4, 0.5) is 5.69 Å². The van der Waals surface area contributed by atoms with Crippen LogP contribution in [0.15, 0.2) is 56.0 Å². The molecule has 21 heavy (non-hydrogen) atoms. The van der Waals surface area contributed by atoms with Gasteiger partial charge in [0, 0.05) is 22.8 Å². The summed E-state index contributed by atoms with van der Waals surface area (Å²) >= 11 is 5.95. The molecule has 8 heteroatoms. The number of benzene rings is 1. The third-order valence-corrected chi connectivity index (χ3v) is 6.93. The van der Waals surface area contributed by atoms with Gasteiger partial charge in [0.2, 0.25) is 0 Å². The normalized spacial score (nSPS) is 11.5. The van der Waals surface area contributed by atoms with E-state index in [1.807, 2.05) is 11.4 Å². The molecular formula is C13H9BrN2O2S3. The summed E-state index contributed by atoms with van der Waals surface area (Å²) in [5.74, 6) is 0. The van der Waals surface area contributed by atoms with Gasteiger partial charge in [0.15, 0.2) is 0 Å². The fourth-order valence-electron chi connectivity index (χ4n) is 1.73. The number of halogens is 1. The Morgan fingerprint density at radius 2 is 2.05 bits per heavy atom. The molecule has 0 radical (unpaired) electrons. The predicted octanol–water partition coefficient (Wildman–Crippen LogP) is 4.43. The van der Waals surface area contributed by atoms with Gasteiger partial charge in [-0.15, -0.1) is 22.7 Å². The van der Waals surface area contributed by atoms with Crippen LogP contribution in [-0.2, 0) is 10.0 Å². The minimum Gasteiger partial charge on any atom is -0.279 e. The van der Waals surface area contributed by atoms with Crippen molar-refractivity contribution in [3.8, 4) is 10.6 Å². The van der Waals surface area contributed by atoms with Gasteiger partial charge in [-0.05, 0) is 40.2 Å². The molecule has 0 unspecified atom stereocenters. The number of rotatable bonds is 4. The van der Waals surface area contributed by atoms with Gasteiger partial charge in [-0.2, -0.15) is 0 Å². The standard InChI is InChI=1S/C13H9BrN2O2S3/c14-11-4-5-12(20-11)21(17,18)16-10-3-1-2-9(8-10)13-15-6-7-19-13/h1-8,16H. The minimum absolute atomic E-state index is 0.272. The monoisotopic (exact) mass is 400 g/mol. The Bertz CT molecular complexity index is 857. The van der Waals surface area contributed by atoms with E-state index in [2.05, 4.69) is 25.6 Å². The van der Waals surface area contributed by atoms with Gasteiger partial charge in [-0.25, -0.2) is 13.4 Å². The van der Waals surface area contributed by atoms with Gasteiger partial charge >= 0.3 is 0 Å². The van der Waals surface area contributed by atoms with Crippen LogP contribution in [0, 0.1) is 0 Å². The summed E-state index contributed by atoms with van der Waals surface area (Å²) in [6, 6.07) is 10.5. The third-order valence-electron chi connectivity index (χ3n) is 2.61. The fourth-order valence-corrected chi connectivity index (χ4v) is 5.42. The number of nitrogens with one attached hydrogen (secondary N) is 1. The molecule has 2 heterocycles. The SMILES string of the molecule is O=S(=O)(Nc1cccc(-c2nccs2)c1)c1ccc(Br)s1. The van der Waals surface area contributed by atoms with Gasteiger partial charge in [0.1, 0.15) is 9.22 Å². The van der Waals surface area contributed by atoms with E-state index < -0.39 is 10.0 Å². The average molecular weight is 401 g/mol. The zero-order valence-corrected chi connectivity index (χ0v) is 14.5. The summed E-state index contributed by atoms with van der Waals surface area (Å²) in [6.45, 7) is 0. The molecule has 1 aromatic carbocycles. The molecule has 4 nitrogen and oxygen atoms in total. The summed E-state index contributed by atoms with van der Waals surface area (Å²) in [7, 11) is -3.56. The Balaban J connectivity index is 1.90. The van der Waals surface area contributed by atoms with Crippen molar-refractivity contribution in [3.05, 3.63) is 51.8 Å². The molecule has 0 amide bonds. The number of sulfonamides is 1. The summed E-state index contributed by atoms with van der Waals surface area (Å²) in [4.78, 5) is 4.22. The maximum Gasteiger partial charge on any atom is 0.271 e. The van der Waals surface area contributed by atoms with Crippen molar-refractivity contribution >= 4 is 54.3 Å². The first-order valence-electron chi connectivity index (χ1n) is 5.83. The molecule has 0 aliphatic rings. The Labute approximate surface area is 138 Å². The second-order valence-electron chi connectivity index (χ2n) is 4.08. The Morgan fingerprint density at radius 3 is 2.71 bits per heavy atom. The highest BCUT2D eigenvalue weighted by atomic mass is 79.9. The highest BCUT2D eigenvalue weighted by molar-refractivity contribution is 9.11. The highest BCUT2D eigenvalue weighted by Crippen LogP contribution is 2.29. The second-order valence-corrected chi connectivity index (χ2v) is 9.35. The number of anilines is 1. The molecule has 1 N–H and O–H groups in total. The van der Waals surface area contributed by atoms with Crippen LogP contribution in [0.3, 0.4) is 0 Å². The molecule has 0 fully saturated rings. The van der Waals surface area contributed by atoms with E-state index in [1.54, 1.807) is 36.5 Å². The number of hydrogen-bond acceptors (Lipinski definition) is 5. The lowest BCUT2D eigenvalue weighted by atomic mass is 10.2. The number of thiophene rings is 1. The average Bonchev–Trinajstić information content (AvgIpc) is 3.09. The number of thiazole rings is 1. The van der Waals surface area contributed by atoms with E-state index in [0.717, 1.165) is 14.4 Å². The Kier molecular flexibility index (Phi) is 4.12. The van der Waals surface area contributed by atoms with Gasteiger partial charge in [0.25, 0.3) is 10.0 Å². The lowest BCUT2D eigenvalue weighted by molar-refractivity contribution is 0.603. The van der Waals surface area contributed by atoms with Crippen molar-refractivity contribution in [1.82, 2.24) is 4.98 Å². The van der Waals surface area contributed by atoms with Crippen LogP contribution in [0.2, 0.25) is 0 Å². The zero-order chi connectivity index (χ0) is 14.9. The molecule has 2 aromatic heterocycles. The maximum atomic E-state index is 12.3. The lowest BCUT2D eigenvalue weighted by Gasteiger charge is -2.07. The first-order valence-corrected chi connectivity index (χ1v) is 9.80. The molecule has 0 saturated carbocycles. The fraction of sp³-hybridized carbons (Fsp3) is 0. The second kappa shape index (κ2) is 5.88. The highest BCUT2D eigenvalue weighted by Gasteiger charge is 2.16. The largest absolute Gasteiger partial charge is 0.279 e. The van der Waals surface area contributed by atoms with Crippen molar-refractivity contribution in [2.75, 3.05) is 4.72 Å². The molecule has 0 aliphatic carbocycles. The number of aromatic nitrogens is 1. The van der Waals surface area contributed by atoms with E-state index in [0.29, 0.717) is 5.69 Å². The number of hydrogen-bond donors (Lipinski definition) is 1. The molecule has 0 atom stereocenters. The predicted molar refractivity (Wildman–Crippen MR) is 90.4 cm³/mol. The lowest BCUT2D eigenvalue weighted by Crippen LogP contribution is -2.11. The number of nitrogens with zero attached hydrogens (tertiary/aromatic N) is 1. The van der Waals surface area contributed by atoms with Crippen molar-refractivity contribution in [2.24, 2.45) is 0 Å². The maximum absolute atomic E-state index is 12.3. The zero-order valence-electron chi connectivity index (χ0n) is 10.5. The molecule has 0 spiro atoms. The van der Waals surface area contributed by atoms with E-state index in [1.165, 1.54) is 22.7 Å². The van der Waals surface area contributed by atoms with Crippen molar-refractivity contribution in [3.63, 3.8) is 0 Å². The quantitative estimate of drug-likeness (QED) is 0.704. The third kappa shape index (κ3) is 3.34. The van der Waals surface area contributed by atoms with Crippen LogP contribution < -0.4 is 4.72 Å². The van der Waals surface area contributed by atoms with Gasteiger partial charge in [0.05, 0.1) is 3.79 Å². The molecule has 108 valence electrons. The van der Waals surface area contributed by atoms with Crippen LogP contribution in [0.1, 0.15) is 0 Å². The van der Waals surface area contributed by atoms with E-state index >= 15 is 0 Å². The van der Waals surface area contributed by atoms with E-state index in [4.69, 9.17) is 0 Å². The van der Waals surface area contributed by atoms with E-state index in [-0.39, 0.29) is 4.21 Å². The molecule has 0 aliphatic heterocycles. The van der Waals surface area contributed by atoms with Crippen molar-refractivity contribution in [2.45, 2.75) is 4.21 Å². The van der Waals surface area contributed by atoms with Crippen LogP contribution >= 0.6 is 38.6 Å². The molecule has 3 aromatic rings. The van der Waals surface area contributed by atoms with Gasteiger partial charge < -0.3 is 0 Å². The molecule has 0 bridgehead atoms. The van der Waals surface area contributed by atoms with Crippen LogP contribution in [0.25, 0.3) is 10.6 Å². The molecule has 0 saturated heterocycles. The summed E-state index contributed by atoms with van der Waals surface area (Å²) in [6.07, 6.45) is 1.72. The molecule has 3 rings (SSSR count). The Hall–Kier alpha value is -1.22. The van der Waals surface area contributed by atoms with Crippen molar-refractivity contribution in [1.29, 1.82) is 0 Å². The van der Waals surface area contributed by atoms with Crippen LogP contribution in [-0.4, -0.2) is 13.4 Å². The summed E-state index contributed by atoms with van der Waals surface area (Å²) < 4.78 is 28.2. The minimum atomic E-state index is -3.56. The Morgan fingerprint density at radius 1 is 1.19 bits per heavy atom. The van der Waals surface area contributed by atoms with Crippen molar-refractivity contribution < 1.29 is 8.42 Å². The van der Waals surface area contributed by atoms with Crippen LogP contribution in [0.5, 0.6) is 0 Å². The van der Waals surface area contributed by atoms with Gasteiger partial charge in [-0.3, -0.25) is 4.72 Å². The van der Waals surface area contributed by atoms with Gasteiger partial charge in [-0.1, -0.05) is 12.1 Å². The molecular weight excluding hydrogens is 392 g/mol. The first-order chi connectivity index (χ1) is 10.0. The van der Waals surface area contributed by atoms with E-state index in [9.17, 15) is 8.42 Å². The smallest absolute Gasteiger partial charge is 0.271 e. The topological polar surface area (TPSA) is 59.1 Å².